The second-order valence-electron chi connectivity index (χ2n) is 6.63. The van der Waals surface area contributed by atoms with Crippen LogP contribution in [-0.2, 0) is 0 Å². The molecule has 1 aromatic carbocycles. The summed E-state index contributed by atoms with van der Waals surface area (Å²) in [6, 6.07) is 15.9. The highest BCUT2D eigenvalue weighted by molar-refractivity contribution is 7.99. The molecule has 30 heavy (non-hydrogen) atoms. The maximum atomic E-state index is 13.0. The lowest BCUT2D eigenvalue weighted by Gasteiger charge is -2.06. The van der Waals surface area contributed by atoms with Gasteiger partial charge in [-0.3, -0.25) is 4.79 Å². The van der Waals surface area contributed by atoms with Crippen molar-refractivity contribution in [3.05, 3.63) is 70.5 Å². The van der Waals surface area contributed by atoms with Crippen molar-refractivity contribution < 1.29 is 4.79 Å². The van der Waals surface area contributed by atoms with Crippen molar-refractivity contribution in [2.75, 3.05) is 5.75 Å². The number of benzene rings is 1. The third-order valence-electron chi connectivity index (χ3n) is 4.68. The van der Waals surface area contributed by atoms with Gasteiger partial charge in [0.2, 0.25) is 5.16 Å². The minimum Gasteiger partial charge on any atom is -0.358 e. The van der Waals surface area contributed by atoms with Gasteiger partial charge in [-0.25, -0.2) is 4.98 Å². The highest BCUT2D eigenvalue weighted by atomic mass is 32.2. The van der Waals surface area contributed by atoms with Gasteiger partial charge in [0, 0.05) is 22.2 Å². The van der Waals surface area contributed by atoms with Gasteiger partial charge in [0.1, 0.15) is 11.4 Å². The Morgan fingerprint density at radius 1 is 0.967 bits per heavy atom. The van der Waals surface area contributed by atoms with Crippen LogP contribution in [-0.4, -0.2) is 31.7 Å². The molecule has 0 aliphatic heterocycles. The van der Waals surface area contributed by atoms with E-state index in [1.54, 1.807) is 22.7 Å². The zero-order chi connectivity index (χ0) is 20.5. The molecule has 5 aromatic rings. The number of hydrogen-bond donors (Lipinski definition) is 1. The molecule has 8 heteroatoms. The molecule has 0 fully saturated rings. The molecule has 5 rings (SSSR count). The van der Waals surface area contributed by atoms with Crippen LogP contribution >= 0.6 is 34.4 Å². The predicted molar refractivity (Wildman–Crippen MR) is 125 cm³/mol. The van der Waals surface area contributed by atoms with Crippen LogP contribution < -0.4 is 0 Å². The molecular weight excluding hydrogens is 432 g/mol. The number of aryl methyl sites for hydroxylation is 1. The number of aromatic nitrogens is 4. The molecule has 5 nitrogen and oxygen atoms in total. The first-order valence-electron chi connectivity index (χ1n) is 9.26. The molecule has 0 radical (unpaired) electrons. The minimum atomic E-state index is 0.0542. The second kappa shape index (κ2) is 8.14. The lowest BCUT2D eigenvalue weighted by Crippen LogP contribution is -2.05. The van der Waals surface area contributed by atoms with Gasteiger partial charge in [-0.2, -0.15) is 0 Å². The van der Waals surface area contributed by atoms with Gasteiger partial charge in [0.05, 0.1) is 15.5 Å². The molecule has 0 amide bonds. The monoisotopic (exact) mass is 448 g/mol. The number of thioether (sulfide) groups is 1. The normalized spacial score (nSPS) is 11.2. The Labute approximate surface area is 185 Å². The number of fused-ring (bicyclic) bond motifs is 1. The Bertz CT molecular complexity index is 1320. The fourth-order valence-electron chi connectivity index (χ4n) is 3.37. The SMILES string of the molecule is Cc1[nH]c2ccccc2c1C(=O)CSc1nnc(-c2cccs2)c(-c2cccs2)n1. The van der Waals surface area contributed by atoms with Gasteiger partial charge in [0.25, 0.3) is 0 Å². The number of nitrogens with zero attached hydrogens (tertiary/aromatic N) is 3. The minimum absolute atomic E-state index is 0.0542. The molecule has 0 saturated heterocycles. The van der Waals surface area contributed by atoms with Crippen molar-refractivity contribution in [2.45, 2.75) is 12.1 Å². The standard InChI is InChI=1S/C22H16N4OS3/c1-13-19(14-6-2-3-7-15(14)23-13)16(27)12-30-22-24-20(17-8-4-10-28-17)21(25-26-22)18-9-5-11-29-18/h2-11,23H,12H2,1H3. The van der Waals surface area contributed by atoms with Crippen LogP contribution in [0.25, 0.3) is 32.0 Å². The first kappa shape index (κ1) is 19.2. The average Bonchev–Trinajstić information content (AvgIpc) is 3.52. The van der Waals surface area contributed by atoms with E-state index in [0.717, 1.165) is 43.3 Å². The third-order valence-corrected chi connectivity index (χ3v) is 7.27. The van der Waals surface area contributed by atoms with Gasteiger partial charge in [-0.1, -0.05) is 42.1 Å². The van der Waals surface area contributed by atoms with Gasteiger partial charge < -0.3 is 4.98 Å². The summed E-state index contributed by atoms with van der Waals surface area (Å²) in [6.45, 7) is 1.93. The Morgan fingerprint density at radius 2 is 1.70 bits per heavy atom. The summed E-state index contributed by atoms with van der Waals surface area (Å²) in [7, 11) is 0. The van der Waals surface area contributed by atoms with Crippen molar-refractivity contribution in [1.29, 1.82) is 0 Å². The highest BCUT2D eigenvalue weighted by Gasteiger charge is 2.19. The highest BCUT2D eigenvalue weighted by Crippen LogP contribution is 2.34. The molecule has 4 heterocycles. The number of rotatable bonds is 6. The van der Waals surface area contributed by atoms with Crippen molar-refractivity contribution in [1.82, 2.24) is 20.2 Å². The molecule has 0 bridgehead atoms. The Hall–Kier alpha value is -2.81. The largest absolute Gasteiger partial charge is 0.358 e. The van der Waals surface area contributed by atoms with E-state index >= 15 is 0 Å². The van der Waals surface area contributed by atoms with Crippen molar-refractivity contribution in [2.24, 2.45) is 0 Å². The zero-order valence-corrected chi connectivity index (χ0v) is 18.4. The van der Waals surface area contributed by atoms with Crippen molar-refractivity contribution in [3.63, 3.8) is 0 Å². The molecule has 4 aromatic heterocycles. The Balaban J connectivity index is 1.43. The maximum Gasteiger partial charge on any atom is 0.210 e. The van der Waals surface area contributed by atoms with Crippen LogP contribution in [0.2, 0.25) is 0 Å². The third kappa shape index (κ3) is 3.58. The number of para-hydroxylation sites is 1. The number of hydrogen-bond acceptors (Lipinski definition) is 7. The molecule has 0 aliphatic carbocycles. The van der Waals surface area contributed by atoms with E-state index in [9.17, 15) is 4.79 Å². The van der Waals surface area contributed by atoms with E-state index in [4.69, 9.17) is 4.98 Å². The Morgan fingerprint density at radius 3 is 2.43 bits per heavy atom. The summed E-state index contributed by atoms with van der Waals surface area (Å²) in [5, 5.41) is 14.2. The summed E-state index contributed by atoms with van der Waals surface area (Å²) in [6.07, 6.45) is 0. The van der Waals surface area contributed by atoms with E-state index in [-0.39, 0.29) is 11.5 Å². The van der Waals surface area contributed by atoms with E-state index in [1.165, 1.54) is 11.8 Å². The van der Waals surface area contributed by atoms with Crippen molar-refractivity contribution in [3.8, 4) is 21.1 Å². The van der Waals surface area contributed by atoms with Crippen LogP contribution in [0, 0.1) is 6.92 Å². The topological polar surface area (TPSA) is 71.5 Å². The summed E-state index contributed by atoms with van der Waals surface area (Å²) in [5.74, 6) is 0.311. The van der Waals surface area contributed by atoms with Gasteiger partial charge >= 0.3 is 0 Å². The van der Waals surface area contributed by atoms with E-state index in [2.05, 4.69) is 15.2 Å². The fraction of sp³-hybridized carbons (Fsp3) is 0.0909. The smallest absolute Gasteiger partial charge is 0.210 e. The molecular formula is C22H16N4OS3. The summed E-state index contributed by atoms with van der Waals surface area (Å²) in [5.41, 5.74) is 4.17. The van der Waals surface area contributed by atoms with Crippen LogP contribution in [0.3, 0.4) is 0 Å². The van der Waals surface area contributed by atoms with Crippen LogP contribution in [0.5, 0.6) is 0 Å². The van der Waals surface area contributed by atoms with Crippen LogP contribution in [0.4, 0.5) is 0 Å². The second-order valence-corrected chi connectivity index (χ2v) is 9.47. The first-order valence-corrected chi connectivity index (χ1v) is 12.0. The quantitative estimate of drug-likeness (QED) is 0.251. The van der Waals surface area contributed by atoms with E-state index < -0.39 is 0 Å². The molecule has 0 aliphatic rings. The van der Waals surface area contributed by atoms with E-state index in [0.29, 0.717) is 5.16 Å². The number of carbonyl (C=O) groups excluding carboxylic acids is 1. The number of carbonyl (C=O) groups is 1. The summed E-state index contributed by atoms with van der Waals surface area (Å²) >= 11 is 4.55. The zero-order valence-electron chi connectivity index (χ0n) is 16.0. The number of aromatic amines is 1. The van der Waals surface area contributed by atoms with Crippen LogP contribution in [0.15, 0.2) is 64.4 Å². The molecule has 0 spiro atoms. The fourth-order valence-corrected chi connectivity index (χ4v) is 5.46. The number of thiophene rings is 2. The lowest BCUT2D eigenvalue weighted by molar-refractivity contribution is 0.102. The number of nitrogens with one attached hydrogen (secondary N) is 1. The lowest BCUT2D eigenvalue weighted by atomic mass is 10.1. The summed E-state index contributed by atoms with van der Waals surface area (Å²) in [4.78, 5) is 23.1. The molecule has 1 N–H and O–H groups in total. The van der Waals surface area contributed by atoms with Crippen molar-refractivity contribution >= 4 is 51.1 Å². The Kier molecular flexibility index (Phi) is 5.20. The van der Waals surface area contributed by atoms with Crippen LogP contribution in [0.1, 0.15) is 16.1 Å². The number of H-pyrrole nitrogens is 1. The average molecular weight is 449 g/mol. The molecule has 0 unspecified atom stereocenters. The first-order chi connectivity index (χ1) is 14.7. The molecule has 0 atom stereocenters. The number of ketones is 1. The summed E-state index contributed by atoms with van der Waals surface area (Å²) < 4.78 is 0. The number of Topliss-reactive ketones (excluding diaryl/α,β-unsaturated/α-hetero) is 1. The van der Waals surface area contributed by atoms with Gasteiger partial charge in [0.15, 0.2) is 5.78 Å². The molecule has 148 valence electrons. The van der Waals surface area contributed by atoms with Gasteiger partial charge in [-0.15, -0.1) is 32.9 Å². The predicted octanol–water partition coefficient (Wildman–Crippen LogP) is 6.09. The van der Waals surface area contributed by atoms with E-state index in [1.807, 2.05) is 66.2 Å². The molecule has 0 saturated carbocycles. The maximum absolute atomic E-state index is 13.0. The van der Waals surface area contributed by atoms with Gasteiger partial charge in [-0.05, 0) is 35.9 Å².